The highest BCUT2D eigenvalue weighted by Gasteiger charge is 2.37. The lowest BCUT2D eigenvalue weighted by Crippen LogP contribution is -2.54. The van der Waals surface area contributed by atoms with Gasteiger partial charge in [0, 0.05) is 12.1 Å². The SMILES string of the molecule is CCOc1cc(/C=C2\C(=O)NC(=O)N(c3ccc([N+](=O)[O-])cc3)C2=O)cc(Br)c1OCc1ccc(F)cc1. The molecule has 1 aliphatic rings. The molecule has 1 aliphatic heterocycles. The highest BCUT2D eigenvalue weighted by molar-refractivity contribution is 9.10. The second kappa shape index (κ2) is 11.2. The first-order valence-electron chi connectivity index (χ1n) is 11.2. The number of ether oxygens (including phenoxy) is 2. The number of halogens is 2. The zero-order chi connectivity index (χ0) is 27.4. The van der Waals surface area contributed by atoms with Crippen LogP contribution in [0.15, 0.2) is 70.7 Å². The Bertz CT molecular complexity index is 1460. The lowest BCUT2D eigenvalue weighted by Gasteiger charge is -2.26. The number of nitro benzene ring substituents is 1. The number of urea groups is 1. The number of rotatable bonds is 8. The van der Waals surface area contributed by atoms with Crippen molar-refractivity contribution in [1.82, 2.24) is 5.32 Å². The number of imide groups is 2. The van der Waals surface area contributed by atoms with E-state index >= 15 is 0 Å². The molecule has 194 valence electrons. The van der Waals surface area contributed by atoms with E-state index in [0.29, 0.717) is 28.1 Å². The van der Waals surface area contributed by atoms with E-state index < -0.39 is 22.8 Å². The molecule has 1 saturated heterocycles. The van der Waals surface area contributed by atoms with Crippen LogP contribution < -0.4 is 19.7 Å². The molecule has 12 heteroatoms. The molecule has 0 saturated carbocycles. The summed E-state index contributed by atoms with van der Waals surface area (Å²) in [5.74, 6) is -1.48. The monoisotopic (exact) mass is 583 g/mol. The summed E-state index contributed by atoms with van der Waals surface area (Å²) in [5.41, 5.74) is 0.619. The molecule has 1 heterocycles. The summed E-state index contributed by atoms with van der Waals surface area (Å²) in [4.78, 5) is 49.2. The molecule has 3 aromatic rings. The van der Waals surface area contributed by atoms with Gasteiger partial charge in [0.25, 0.3) is 17.5 Å². The maximum atomic E-state index is 13.2. The third-order valence-corrected chi connectivity index (χ3v) is 5.95. The quantitative estimate of drug-likeness (QED) is 0.168. The number of nitrogens with one attached hydrogen (secondary N) is 1. The van der Waals surface area contributed by atoms with Gasteiger partial charge in [-0.05, 0) is 76.5 Å². The molecule has 1 fully saturated rings. The first-order valence-corrected chi connectivity index (χ1v) is 12.0. The van der Waals surface area contributed by atoms with Crippen LogP contribution in [0.5, 0.6) is 11.5 Å². The average molecular weight is 584 g/mol. The summed E-state index contributed by atoms with van der Waals surface area (Å²) in [6, 6.07) is 12.8. The van der Waals surface area contributed by atoms with Gasteiger partial charge in [0.05, 0.1) is 21.7 Å². The topological polar surface area (TPSA) is 128 Å². The number of hydrogen-bond donors (Lipinski definition) is 1. The summed E-state index contributed by atoms with van der Waals surface area (Å²) >= 11 is 3.43. The minimum atomic E-state index is -0.980. The summed E-state index contributed by atoms with van der Waals surface area (Å²) in [6.07, 6.45) is 1.29. The predicted molar refractivity (Wildman–Crippen MR) is 138 cm³/mol. The maximum Gasteiger partial charge on any atom is 0.335 e. The van der Waals surface area contributed by atoms with Gasteiger partial charge in [-0.2, -0.15) is 0 Å². The molecular weight excluding hydrogens is 565 g/mol. The molecule has 10 nitrogen and oxygen atoms in total. The zero-order valence-corrected chi connectivity index (χ0v) is 21.4. The molecule has 1 N–H and O–H groups in total. The number of amides is 4. The van der Waals surface area contributed by atoms with Gasteiger partial charge in [-0.15, -0.1) is 0 Å². The fourth-order valence-electron chi connectivity index (χ4n) is 3.59. The molecule has 0 aromatic heterocycles. The second-order valence-corrected chi connectivity index (χ2v) is 8.76. The normalized spacial score (nSPS) is 14.4. The van der Waals surface area contributed by atoms with Gasteiger partial charge >= 0.3 is 6.03 Å². The molecular formula is C26H19BrFN3O7. The lowest BCUT2D eigenvalue weighted by atomic mass is 10.1. The third-order valence-electron chi connectivity index (χ3n) is 5.36. The Morgan fingerprint density at radius 2 is 1.74 bits per heavy atom. The van der Waals surface area contributed by atoms with Gasteiger partial charge in [-0.3, -0.25) is 25.0 Å². The van der Waals surface area contributed by atoms with Crippen molar-refractivity contribution >= 4 is 51.2 Å². The molecule has 0 bridgehead atoms. The van der Waals surface area contributed by atoms with Crippen molar-refractivity contribution in [2.45, 2.75) is 13.5 Å². The van der Waals surface area contributed by atoms with Gasteiger partial charge < -0.3 is 9.47 Å². The van der Waals surface area contributed by atoms with Crippen molar-refractivity contribution in [1.29, 1.82) is 0 Å². The summed E-state index contributed by atoms with van der Waals surface area (Å²) in [7, 11) is 0. The van der Waals surface area contributed by atoms with E-state index in [2.05, 4.69) is 21.2 Å². The van der Waals surface area contributed by atoms with Crippen LogP contribution in [0.1, 0.15) is 18.1 Å². The first-order chi connectivity index (χ1) is 18.2. The van der Waals surface area contributed by atoms with Crippen LogP contribution in [0.3, 0.4) is 0 Å². The average Bonchev–Trinajstić information content (AvgIpc) is 2.87. The van der Waals surface area contributed by atoms with E-state index in [0.717, 1.165) is 22.6 Å². The Labute approximate surface area is 223 Å². The largest absolute Gasteiger partial charge is 0.490 e. The van der Waals surface area contributed by atoms with Crippen LogP contribution >= 0.6 is 15.9 Å². The number of carbonyl (C=O) groups is 3. The summed E-state index contributed by atoms with van der Waals surface area (Å²) in [6.45, 7) is 2.20. The fraction of sp³-hybridized carbons (Fsp3) is 0.115. The Balaban J connectivity index is 1.64. The molecule has 0 atom stereocenters. The van der Waals surface area contributed by atoms with Crippen molar-refractivity contribution in [3.8, 4) is 11.5 Å². The van der Waals surface area contributed by atoms with E-state index in [9.17, 15) is 28.9 Å². The smallest absolute Gasteiger partial charge is 0.335 e. The molecule has 0 unspecified atom stereocenters. The van der Waals surface area contributed by atoms with Gasteiger partial charge in [0.2, 0.25) is 0 Å². The third kappa shape index (κ3) is 5.70. The van der Waals surface area contributed by atoms with Gasteiger partial charge in [-0.25, -0.2) is 14.1 Å². The lowest BCUT2D eigenvalue weighted by molar-refractivity contribution is -0.384. The van der Waals surface area contributed by atoms with Gasteiger partial charge in [-0.1, -0.05) is 12.1 Å². The summed E-state index contributed by atoms with van der Waals surface area (Å²) < 4.78 is 25.2. The molecule has 38 heavy (non-hydrogen) atoms. The molecule has 4 amide bonds. The van der Waals surface area contributed by atoms with Gasteiger partial charge in [0.1, 0.15) is 18.0 Å². The molecule has 4 rings (SSSR count). The highest BCUT2D eigenvalue weighted by atomic mass is 79.9. The Kier molecular flexibility index (Phi) is 7.82. The molecule has 3 aromatic carbocycles. The fourth-order valence-corrected chi connectivity index (χ4v) is 4.17. The van der Waals surface area contributed by atoms with Crippen molar-refractivity contribution < 1.29 is 33.2 Å². The number of benzene rings is 3. The van der Waals surface area contributed by atoms with Crippen LogP contribution in [0.25, 0.3) is 6.08 Å². The first kappa shape index (κ1) is 26.5. The number of nitro groups is 1. The Morgan fingerprint density at radius 1 is 1.05 bits per heavy atom. The van der Waals surface area contributed by atoms with Crippen LogP contribution in [-0.4, -0.2) is 29.4 Å². The minimum absolute atomic E-state index is 0.0530. The van der Waals surface area contributed by atoms with Crippen LogP contribution in [0.4, 0.5) is 20.6 Å². The van der Waals surface area contributed by atoms with Crippen LogP contribution in [0.2, 0.25) is 0 Å². The number of carbonyl (C=O) groups excluding carboxylic acids is 3. The predicted octanol–water partition coefficient (Wildman–Crippen LogP) is 5.14. The molecule has 0 aliphatic carbocycles. The second-order valence-electron chi connectivity index (χ2n) is 7.91. The number of nitrogens with zero attached hydrogens (tertiary/aromatic N) is 2. The zero-order valence-electron chi connectivity index (χ0n) is 19.8. The standard InChI is InChI=1S/C26H19BrFN3O7/c1-2-37-22-13-16(12-21(27)23(22)38-14-15-3-5-17(28)6-4-15)11-20-24(32)29-26(34)30(25(20)33)18-7-9-19(10-8-18)31(35)36/h3-13H,2,14H2,1H3,(H,29,32,34)/b20-11+. The van der Waals surface area contributed by atoms with E-state index in [4.69, 9.17) is 9.47 Å². The van der Waals surface area contributed by atoms with Crippen LogP contribution in [0, 0.1) is 15.9 Å². The van der Waals surface area contributed by atoms with Gasteiger partial charge in [0.15, 0.2) is 11.5 Å². The van der Waals surface area contributed by atoms with Crippen LogP contribution in [-0.2, 0) is 16.2 Å². The van der Waals surface area contributed by atoms with Crippen molar-refractivity contribution in [2.75, 3.05) is 11.5 Å². The van der Waals surface area contributed by atoms with Crippen molar-refractivity contribution in [3.63, 3.8) is 0 Å². The molecule has 0 radical (unpaired) electrons. The number of non-ortho nitro benzene ring substituents is 1. The van der Waals surface area contributed by atoms with E-state index in [1.54, 1.807) is 31.2 Å². The van der Waals surface area contributed by atoms with Crippen molar-refractivity contribution in [3.05, 3.63) is 97.8 Å². The Morgan fingerprint density at radius 3 is 2.37 bits per heavy atom. The Hall–Kier alpha value is -4.58. The minimum Gasteiger partial charge on any atom is -0.490 e. The van der Waals surface area contributed by atoms with Crippen molar-refractivity contribution in [2.24, 2.45) is 0 Å². The number of hydrogen-bond acceptors (Lipinski definition) is 7. The number of barbiturate groups is 1. The maximum absolute atomic E-state index is 13.2. The van der Waals surface area contributed by atoms with E-state index in [1.165, 1.54) is 30.3 Å². The highest BCUT2D eigenvalue weighted by Crippen LogP contribution is 2.38. The van der Waals surface area contributed by atoms with E-state index in [1.807, 2.05) is 0 Å². The molecule has 0 spiro atoms. The van der Waals surface area contributed by atoms with E-state index in [-0.39, 0.29) is 29.4 Å². The number of anilines is 1. The summed E-state index contributed by atoms with van der Waals surface area (Å²) in [5, 5.41) is 13.0.